The number of halogens is 1. The van der Waals surface area contributed by atoms with Gasteiger partial charge in [-0.3, -0.25) is 0 Å². The molecule has 0 radical (unpaired) electrons. The predicted octanol–water partition coefficient (Wildman–Crippen LogP) is 2.20. The van der Waals surface area contributed by atoms with Gasteiger partial charge in [-0.05, 0) is 5.92 Å². The summed E-state index contributed by atoms with van der Waals surface area (Å²) in [5.41, 5.74) is 0.981. The minimum absolute atomic E-state index is 0.0200. The lowest BCUT2D eigenvalue weighted by Gasteiger charge is -1.99. The number of aromatic nitrogens is 3. The van der Waals surface area contributed by atoms with E-state index in [-0.39, 0.29) is 11.5 Å². The van der Waals surface area contributed by atoms with E-state index in [2.05, 4.69) is 10.1 Å². The van der Waals surface area contributed by atoms with Gasteiger partial charge in [-0.25, -0.2) is 14.3 Å². The van der Waals surface area contributed by atoms with Gasteiger partial charge in [0.15, 0.2) is 5.65 Å². The fraction of sp³-hybridized carbons (Fsp3) is 0.300. The third kappa shape index (κ3) is 1.63. The van der Waals surface area contributed by atoms with Gasteiger partial charge < -0.3 is 5.11 Å². The molecule has 2 aromatic heterocycles. The van der Waals surface area contributed by atoms with Crippen molar-refractivity contribution in [1.82, 2.24) is 14.6 Å². The van der Waals surface area contributed by atoms with E-state index in [1.54, 1.807) is 6.20 Å². The van der Waals surface area contributed by atoms with Crippen molar-refractivity contribution < 1.29 is 9.90 Å². The zero-order chi connectivity index (χ0) is 11.9. The number of carbonyl (C=O) groups is 1. The van der Waals surface area contributed by atoms with E-state index in [1.807, 2.05) is 13.8 Å². The van der Waals surface area contributed by atoms with Crippen LogP contribution in [0.4, 0.5) is 0 Å². The lowest BCUT2D eigenvalue weighted by molar-refractivity contribution is 0.0697. The minimum atomic E-state index is -1.02. The van der Waals surface area contributed by atoms with Gasteiger partial charge in [0, 0.05) is 6.20 Å². The van der Waals surface area contributed by atoms with Crippen LogP contribution >= 0.6 is 11.6 Å². The molecule has 0 amide bonds. The van der Waals surface area contributed by atoms with Crippen LogP contribution in [0.2, 0.25) is 5.02 Å². The zero-order valence-corrected chi connectivity index (χ0v) is 9.56. The van der Waals surface area contributed by atoms with Crippen molar-refractivity contribution in [2.75, 3.05) is 0 Å². The smallest absolute Gasteiger partial charge is 0.341 e. The molecule has 16 heavy (non-hydrogen) atoms. The Kier molecular flexibility index (Phi) is 2.55. The van der Waals surface area contributed by atoms with Crippen LogP contribution in [0.25, 0.3) is 5.65 Å². The standard InChI is InChI=1S/C10H10ClN3O2/c1-5(2)8-7(10(15)16)9-12-3-6(11)4-14(9)13-8/h3-5H,1-2H3,(H,15,16). The maximum Gasteiger partial charge on any atom is 0.341 e. The monoisotopic (exact) mass is 239 g/mol. The molecule has 0 unspecified atom stereocenters. The quantitative estimate of drug-likeness (QED) is 0.873. The third-order valence-electron chi connectivity index (χ3n) is 2.23. The number of hydrogen-bond acceptors (Lipinski definition) is 3. The number of rotatable bonds is 2. The van der Waals surface area contributed by atoms with E-state index in [1.165, 1.54) is 10.7 Å². The summed E-state index contributed by atoms with van der Waals surface area (Å²) < 4.78 is 1.40. The van der Waals surface area contributed by atoms with Crippen LogP contribution in [-0.2, 0) is 0 Å². The molecular weight excluding hydrogens is 230 g/mol. The Balaban J connectivity index is 2.81. The highest BCUT2D eigenvalue weighted by molar-refractivity contribution is 6.30. The molecule has 0 fully saturated rings. The van der Waals surface area contributed by atoms with Crippen molar-refractivity contribution in [2.24, 2.45) is 0 Å². The first kappa shape index (κ1) is 10.9. The summed E-state index contributed by atoms with van der Waals surface area (Å²) in [4.78, 5) is 15.2. The minimum Gasteiger partial charge on any atom is -0.477 e. The Hall–Kier alpha value is -1.62. The van der Waals surface area contributed by atoms with Crippen molar-refractivity contribution in [3.8, 4) is 0 Å². The molecular formula is C10H10ClN3O2. The number of nitrogens with zero attached hydrogens (tertiary/aromatic N) is 3. The van der Waals surface area contributed by atoms with Gasteiger partial charge in [-0.2, -0.15) is 5.10 Å². The third-order valence-corrected chi connectivity index (χ3v) is 2.42. The molecule has 0 saturated heterocycles. The summed E-state index contributed by atoms with van der Waals surface area (Å²) >= 11 is 5.77. The SMILES string of the molecule is CC(C)c1nn2cc(Cl)cnc2c1C(=O)O. The fourth-order valence-corrected chi connectivity index (χ4v) is 1.68. The lowest BCUT2D eigenvalue weighted by atomic mass is 10.1. The van der Waals surface area contributed by atoms with Gasteiger partial charge in [-0.15, -0.1) is 0 Å². The van der Waals surface area contributed by atoms with Crippen LogP contribution in [0, 0.1) is 0 Å². The van der Waals surface area contributed by atoms with Crippen molar-refractivity contribution in [3.05, 3.63) is 28.7 Å². The highest BCUT2D eigenvalue weighted by Crippen LogP contribution is 2.22. The van der Waals surface area contributed by atoms with Crippen LogP contribution in [0.3, 0.4) is 0 Å². The topological polar surface area (TPSA) is 67.5 Å². The molecule has 0 atom stereocenters. The average Bonchev–Trinajstić information content (AvgIpc) is 2.55. The summed E-state index contributed by atoms with van der Waals surface area (Å²) in [6.07, 6.45) is 2.96. The Morgan fingerprint density at radius 3 is 2.81 bits per heavy atom. The molecule has 1 N–H and O–H groups in total. The number of aromatic carboxylic acids is 1. The second kappa shape index (κ2) is 3.75. The molecule has 0 bridgehead atoms. The van der Waals surface area contributed by atoms with Gasteiger partial charge >= 0.3 is 5.97 Å². The van der Waals surface area contributed by atoms with E-state index in [0.29, 0.717) is 16.4 Å². The largest absolute Gasteiger partial charge is 0.477 e. The van der Waals surface area contributed by atoms with Gasteiger partial charge in [-0.1, -0.05) is 25.4 Å². The Labute approximate surface area is 96.7 Å². The fourth-order valence-electron chi connectivity index (χ4n) is 1.54. The van der Waals surface area contributed by atoms with Crippen LogP contribution in [-0.4, -0.2) is 25.7 Å². The summed E-state index contributed by atoms with van der Waals surface area (Å²) in [7, 11) is 0. The molecule has 0 aliphatic heterocycles. The van der Waals surface area contributed by atoms with Gasteiger partial charge in [0.1, 0.15) is 5.56 Å². The zero-order valence-electron chi connectivity index (χ0n) is 8.81. The summed E-state index contributed by atoms with van der Waals surface area (Å²) in [6.45, 7) is 3.77. The predicted molar refractivity (Wildman–Crippen MR) is 59.0 cm³/mol. The highest BCUT2D eigenvalue weighted by atomic mass is 35.5. The van der Waals surface area contributed by atoms with Crippen molar-refractivity contribution in [1.29, 1.82) is 0 Å². The van der Waals surface area contributed by atoms with E-state index >= 15 is 0 Å². The lowest BCUT2D eigenvalue weighted by Crippen LogP contribution is -2.02. The first-order valence-electron chi connectivity index (χ1n) is 4.77. The van der Waals surface area contributed by atoms with Crippen LogP contribution in [0.1, 0.15) is 35.8 Å². The molecule has 0 aliphatic rings. The van der Waals surface area contributed by atoms with Crippen molar-refractivity contribution in [3.63, 3.8) is 0 Å². The average molecular weight is 240 g/mol. The van der Waals surface area contributed by atoms with Crippen LogP contribution in [0.15, 0.2) is 12.4 Å². The number of fused-ring (bicyclic) bond motifs is 1. The summed E-state index contributed by atoms with van der Waals surface area (Å²) in [5, 5.41) is 13.7. The van der Waals surface area contributed by atoms with Gasteiger partial charge in [0.05, 0.1) is 16.9 Å². The van der Waals surface area contributed by atoms with E-state index in [9.17, 15) is 4.79 Å². The van der Waals surface area contributed by atoms with Crippen LogP contribution < -0.4 is 0 Å². The molecule has 6 heteroatoms. The number of carboxylic acid groups (broad SMARTS) is 1. The molecule has 0 spiro atoms. The second-order valence-corrected chi connectivity index (χ2v) is 4.20. The molecule has 84 valence electrons. The Morgan fingerprint density at radius 1 is 1.56 bits per heavy atom. The number of hydrogen-bond donors (Lipinski definition) is 1. The first-order chi connectivity index (χ1) is 7.50. The Morgan fingerprint density at radius 2 is 2.25 bits per heavy atom. The van der Waals surface area contributed by atoms with Gasteiger partial charge in [0.25, 0.3) is 0 Å². The van der Waals surface area contributed by atoms with Crippen molar-refractivity contribution >= 4 is 23.2 Å². The first-order valence-corrected chi connectivity index (χ1v) is 5.15. The molecule has 0 saturated carbocycles. The maximum absolute atomic E-state index is 11.2. The maximum atomic E-state index is 11.2. The summed E-state index contributed by atoms with van der Waals surface area (Å²) in [5.74, 6) is -1.000. The molecule has 0 aliphatic carbocycles. The van der Waals surface area contributed by atoms with Crippen LogP contribution in [0.5, 0.6) is 0 Å². The summed E-state index contributed by atoms with van der Waals surface area (Å²) in [6, 6.07) is 0. The molecule has 2 aromatic rings. The van der Waals surface area contributed by atoms with E-state index < -0.39 is 5.97 Å². The number of carboxylic acids is 1. The second-order valence-electron chi connectivity index (χ2n) is 3.76. The van der Waals surface area contributed by atoms with E-state index in [0.717, 1.165) is 0 Å². The normalized spacial score (nSPS) is 11.2. The molecule has 2 rings (SSSR count). The molecule has 2 heterocycles. The molecule has 5 nitrogen and oxygen atoms in total. The van der Waals surface area contributed by atoms with Crippen molar-refractivity contribution in [2.45, 2.75) is 19.8 Å². The molecule has 0 aromatic carbocycles. The van der Waals surface area contributed by atoms with Gasteiger partial charge in [0.2, 0.25) is 0 Å². The van der Waals surface area contributed by atoms with E-state index in [4.69, 9.17) is 16.7 Å². The Bertz CT molecular complexity index is 562. The highest BCUT2D eigenvalue weighted by Gasteiger charge is 2.22.